The van der Waals surface area contributed by atoms with Crippen molar-refractivity contribution in [3.63, 3.8) is 0 Å². The first-order chi connectivity index (χ1) is 9.04. The molecule has 19 heavy (non-hydrogen) atoms. The smallest absolute Gasteiger partial charge is 0.223 e. The summed E-state index contributed by atoms with van der Waals surface area (Å²) in [6, 6.07) is 2.12. The van der Waals surface area contributed by atoms with Crippen LogP contribution in [-0.2, 0) is 17.6 Å². The number of phenols is 1. The Morgan fingerprint density at radius 3 is 2.95 bits per heavy atom. The van der Waals surface area contributed by atoms with Crippen LogP contribution in [0.5, 0.6) is 5.75 Å². The van der Waals surface area contributed by atoms with Gasteiger partial charge in [-0.1, -0.05) is 12.1 Å². The molecule has 1 aliphatic heterocycles. The lowest BCUT2D eigenvalue weighted by Crippen LogP contribution is -2.23. The molecule has 0 saturated carbocycles. The van der Waals surface area contributed by atoms with Gasteiger partial charge in [-0.2, -0.15) is 0 Å². The van der Waals surface area contributed by atoms with Crippen molar-refractivity contribution in [2.45, 2.75) is 32.2 Å². The predicted molar refractivity (Wildman–Crippen MR) is 74.1 cm³/mol. The zero-order valence-corrected chi connectivity index (χ0v) is 11.4. The summed E-state index contributed by atoms with van der Waals surface area (Å²) in [5, 5.41) is 10.5. The molecule has 2 unspecified atom stereocenters. The lowest BCUT2D eigenvalue weighted by atomic mass is 9.96. The van der Waals surface area contributed by atoms with E-state index in [0.717, 1.165) is 17.5 Å². The summed E-state index contributed by atoms with van der Waals surface area (Å²) in [7, 11) is 1.84. The van der Waals surface area contributed by atoms with Gasteiger partial charge in [0.15, 0.2) is 0 Å². The van der Waals surface area contributed by atoms with Gasteiger partial charge in [0.05, 0.1) is 6.04 Å². The fourth-order valence-corrected chi connectivity index (χ4v) is 3.67. The molecule has 1 fully saturated rings. The van der Waals surface area contributed by atoms with Crippen molar-refractivity contribution in [1.82, 2.24) is 4.90 Å². The van der Waals surface area contributed by atoms with Gasteiger partial charge in [-0.3, -0.25) is 4.79 Å². The lowest BCUT2D eigenvalue weighted by molar-refractivity contribution is -0.127. The molecule has 1 aromatic rings. The van der Waals surface area contributed by atoms with Crippen LogP contribution < -0.4 is 0 Å². The van der Waals surface area contributed by atoms with Crippen molar-refractivity contribution in [1.29, 1.82) is 0 Å². The number of aryl methyl sites for hydroxylation is 1. The molecule has 2 aliphatic rings. The van der Waals surface area contributed by atoms with Crippen LogP contribution in [0.3, 0.4) is 0 Å². The second-order valence-electron chi connectivity index (χ2n) is 5.70. The molecule has 0 bridgehead atoms. The summed E-state index contributed by atoms with van der Waals surface area (Å²) in [6.07, 6.45) is 3.97. The molecule has 1 heterocycles. The minimum atomic E-state index is 0.0611. The van der Waals surface area contributed by atoms with E-state index in [4.69, 9.17) is 0 Å². The standard InChI is InChI=1S/C16H19NO2/c1-4-5-10-6-9(2)12-7-11-8-13(18)17(3)15(11)14(12)16(10)19/h4,6,11,15,19H,1,5,7-8H2,2-3H3. The molecule has 1 aromatic carbocycles. The first kappa shape index (κ1) is 12.3. The maximum absolute atomic E-state index is 11.8. The first-order valence-corrected chi connectivity index (χ1v) is 6.75. The van der Waals surface area contributed by atoms with E-state index < -0.39 is 0 Å². The highest BCUT2D eigenvalue weighted by Gasteiger charge is 2.46. The second-order valence-corrected chi connectivity index (χ2v) is 5.70. The number of phenolic OH excluding ortho intramolecular Hbond substituents is 1. The first-order valence-electron chi connectivity index (χ1n) is 6.75. The number of benzene rings is 1. The summed E-state index contributed by atoms with van der Waals surface area (Å²) in [5.74, 6) is 0.887. The molecule has 0 aromatic heterocycles. The largest absolute Gasteiger partial charge is 0.507 e. The molecular formula is C16H19NO2. The van der Waals surface area contributed by atoms with Crippen LogP contribution in [-0.4, -0.2) is 23.0 Å². The number of aromatic hydroxyl groups is 1. The Balaban J connectivity index is 2.16. The van der Waals surface area contributed by atoms with Crippen molar-refractivity contribution in [3.05, 3.63) is 41.0 Å². The Morgan fingerprint density at radius 2 is 2.26 bits per heavy atom. The molecule has 1 aliphatic carbocycles. The quantitative estimate of drug-likeness (QED) is 0.827. The van der Waals surface area contributed by atoms with Crippen molar-refractivity contribution >= 4 is 5.91 Å². The van der Waals surface area contributed by atoms with Gasteiger partial charge in [0.1, 0.15) is 5.75 Å². The van der Waals surface area contributed by atoms with E-state index in [2.05, 4.69) is 19.6 Å². The molecule has 0 radical (unpaired) electrons. The summed E-state index contributed by atoms with van der Waals surface area (Å²) in [6.45, 7) is 5.83. The number of likely N-dealkylation sites (tertiary alicyclic amines) is 1. The van der Waals surface area contributed by atoms with E-state index in [-0.39, 0.29) is 11.9 Å². The fraction of sp³-hybridized carbons (Fsp3) is 0.438. The van der Waals surface area contributed by atoms with Crippen molar-refractivity contribution < 1.29 is 9.90 Å². The van der Waals surface area contributed by atoms with Crippen LogP contribution in [0.25, 0.3) is 0 Å². The van der Waals surface area contributed by atoms with Crippen LogP contribution in [0, 0.1) is 12.8 Å². The van der Waals surface area contributed by atoms with Gasteiger partial charge in [-0.25, -0.2) is 0 Å². The van der Waals surface area contributed by atoms with Crippen LogP contribution in [0.2, 0.25) is 0 Å². The molecular weight excluding hydrogens is 238 g/mol. The fourth-order valence-electron chi connectivity index (χ4n) is 3.67. The lowest BCUT2D eigenvalue weighted by Gasteiger charge is -2.22. The highest BCUT2D eigenvalue weighted by molar-refractivity contribution is 5.80. The van der Waals surface area contributed by atoms with E-state index in [1.807, 2.05) is 7.05 Å². The van der Waals surface area contributed by atoms with E-state index >= 15 is 0 Å². The molecule has 1 saturated heterocycles. The number of rotatable bonds is 2. The topological polar surface area (TPSA) is 40.5 Å². The number of hydrogen-bond acceptors (Lipinski definition) is 2. The maximum atomic E-state index is 11.8. The molecule has 100 valence electrons. The molecule has 2 atom stereocenters. The van der Waals surface area contributed by atoms with Crippen LogP contribution in [0.1, 0.15) is 34.7 Å². The van der Waals surface area contributed by atoms with Crippen LogP contribution in [0.4, 0.5) is 0 Å². The van der Waals surface area contributed by atoms with Gasteiger partial charge in [-0.05, 0) is 42.4 Å². The average molecular weight is 257 g/mol. The summed E-state index contributed by atoms with van der Waals surface area (Å²) in [5.41, 5.74) is 4.36. The van der Waals surface area contributed by atoms with Crippen LogP contribution in [0.15, 0.2) is 18.7 Å². The second kappa shape index (κ2) is 4.12. The monoisotopic (exact) mass is 257 g/mol. The number of nitrogens with zero attached hydrogens (tertiary/aromatic N) is 1. The third-order valence-electron chi connectivity index (χ3n) is 4.57. The van der Waals surface area contributed by atoms with E-state index in [1.165, 1.54) is 11.1 Å². The maximum Gasteiger partial charge on any atom is 0.223 e. The Kier molecular flexibility index (Phi) is 2.66. The Labute approximate surface area is 113 Å². The number of fused-ring (bicyclic) bond motifs is 3. The van der Waals surface area contributed by atoms with Gasteiger partial charge >= 0.3 is 0 Å². The van der Waals surface area contributed by atoms with Gasteiger partial charge in [0, 0.05) is 19.0 Å². The Bertz CT molecular complexity index is 577. The SMILES string of the molecule is C=CCc1cc(C)c2c(c1O)C1C(CC(=O)N1C)C2. The van der Waals surface area contributed by atoms with E-state index in [1.54, 1.807) is 11.0 Å². The van der Waals surface area contributed by atoms with Gasteiger partial charge in [0.2, 0.25) is 5.91 Å². The van der Waals surface area contributed by atoms with Crippen molar-refractivity contribution in [2.75, 3.05) is 7.05 Å². The number of hydrogen-bond donors (Lipinski definition) is 1. The predicted octanol–water partition coefficient (Wildman–Crippen LogP) is 2.50. The van der Waals surface area contributed by atoms with E-state index in [0.29, 0.717) is 24.5 Å². The summed E-state index contributed by atoms with van der Waals surface area (Å²) < 4.78 is 0. The highest BCUT2D eigenvalue weighted by Crippen LogP contribution is 2.51. The molecule has 3 rings (SSSR count). The minimum absolute atomic E-state index is 0.0611. The third kappa shape index (κ3) is 1.61. The normalized spacial score (nSPS) is 24.5. The number of carbonyl (C=O) groups excluding carboxylic acids is 1. The van der Waals surface area contributed by atoms with Crippen molar-refractivity contribution in [3.8, 4) is 5.75 Å². The zero-order valence-electron chi connectivity index (χ0n) is 11.4. The Hall–Kier alpha value is -1.77. The highest BCUT2D eigenvalue weighted by atomic mass is 16.3. The third-order valence-corrected chi connectivity index (χ3v) is 4.57. The Morgan fingerprint density at radius 1 is 1.53 bits per heavy atom. The molecule has 3 nitrogen and oxygen atoms in total. The van der Waals surface area contributed by atoms with Crippen molar-refractivity contribution in [2.24, 2.45) is 5.92 Å². The minimum Gasteiger partial charge on any atom is -0.507 e. The van der Waals surface area contributed by atoms with Gasteiger partial charge < -0.3 is 10.0 Å². The zero-order chi connectivity index (χ0) is 13.7. The van der Waals surface area contributed by atoms with E-state index in [9.17, 15) is 9.90 Å². The molecule has 0 spiro atoms. The summed E-state index contributed by atoms with van der Waals surface area (Å²) in [4.78, 5) is 13.6. The molecule has 3 heteroatoms. The number of carbonyl (C=O) groups is 1. The van der Waals surface area contributed by atoms with Crippen LogP contribution >= 0.6 is 0 Å². The number of allylic oxidation sites excluding steroid dienone is 1. The number of amides is 1. The molecule has 1 amide bonds. The summed E-state index contributed by atoms with van der Waals surface area (Å²) >= 11 is 0. The molecule has 1 N–H and O–H groups in total. The van der Waals surface area contributed by atoms with Gasteiger partial charge in [0.25, 0.3) is 0 Å². The van der Waals surface area contributed by atoms with Gasteiger partial charge in [-0.15, -0.1) is 6.58 Å². The average Bonchev–Trinajstić information content (AvgIpc) is 2.85.